The molecule has 122 valence electrons. The molecule has 7 heteroatoms. The third-order valence-corrected chi connectivity index (χ3v) is 5.95. The first-order valence-electron chi connectivity index (χ1n) is 7.83. The van der Waals surface area contributed by atoms with E-state index < -0.39 is 0 Å². The largest absolute Gasteiger partial charge is 0.375 e. The summed E-state index contributed by atoms with van der Waals surface area (Å²) in [6, 6.07) is 1.90. The number of fused-ring (bicyclic) bond motifs is 1. The molecular formula is C16H19N3O2S2. The molecule has 4 heterocycles. The van der Waals surface area contributed by atoms with Gasteiger partial charge in [-0.2, -0.15) is 11.3 Å². The van der Waals surface area contributed by atoms with Crippen molar-refractivity contribution in [3.05, 3.63) is 39.0 Å². The fourth-order valence-electron chi connectivity index (χ4n) is 3.38. The Labute approximate surface area is 143 Å². The predicted octanol–water partition coefficient (Wildman–Crippen LogP) is 2.18. The van der Waals surface area contributed by atoms with E-state index in [4.69, 9.17) is 4.74 Å². The van der Waals surface area contributed by atoms with Gasteiger partial charge in [0.15, 0.2) is 0 Å². The van der Waals surface area contributed by atoms with Gasteiger partial charge >= 0.3 is 0 Å². The molecule has 0 aromatic carbocycles. The van der Waals surface area contributed by atoms with Crippen LogP contribution in [0.15, 0.2) is 28.4 Å². The zero-order valence-corrected chi connectivity index (χ0v) is 14.4. The van der Waals surface area contributed by atoms with Crippen molar-refractivity contribution in [2.24, 2.45) is 5.92 Å². The van der Waals surface area contributed by atoms with Crippen LogP contribution in [0.5, 0.6) is 0 Å². The molecule has 0 aliphatic carbocycles. The molecule has 23 heavy (non-hydrogen) atoms. The van der Waals surface area contributed by atoms with Crippen LogP contribution in [0.4, 0.5) is 0 Å². The van der Waals surface area contributed by atoms with Gasteiger partial charge in [-0.1, -0.05) is 0 Å². The Balaban J connectivity index is 1.41. The Morgan fingerprint density at radius 3 is 3.09 bits per heavy atom. The molecule has 4 rings (SSSR count). The van der Waals surface area contributed by atoms with E-state index in [1.54, 1.807) is 22.7 Å². The fourth-order valence-corrected chi connectivity index (χ4v) is 4.67. The number of aromatic nitrogens is 1. The van der Waals surface area contributed by atoms with Crippen molar-refractivity contribution in [3.8, 4) is 0 Å². The summed E-state index contributed by atoms with van der Waals surface area (Å²) in [5.41, 5.74) is 0.797. The van der Waals surface area contributed by atoms with E-state index in [2.05, 4.69) is 9.88 Å². The fraction of sp³-hybridized carbons (Fsp3) is 0.500. The lowest BCUT2D eigenvalue weighted by Crippen LogP contribution is -2.37. The van der Waals surface area contributed by atoms with E-state index in [9.17, 15) is 4.79 Å². The average molecular weight is 349 g/mol. The number of thiazole rings is 1. The number of hydrogen-bond acceptors (Lipinski definition) is 6. The summed E-state index contributed by atoms with van der Waals surface area (Å²) in [4.78, 5) is 21.3. The van der Waals surface area contributed by atoms with Gasteiger partial charge in [0.05, 0.1) is 24.8 Å². The predicted molar refractivity (Wildman–Crippen MR) is 90.8 cm³/mol. The van der Waals surface area contributed by atoms with Crippen LogP contribution in [0.25, 0.3) is 0 Å². The average Bonchev–Trinajstić information content (AvgIpc) is 3.28. The van der Waals surface area contributed by atoms with E-state index in [0.717, 1.165) is 36.8 Å². The van der Waals surface area contributed by atoms with Crippen LogP contribution in [-0.2, 0) is 11.3 Å². The van der Waals surface area contributed by atoms with Gasteiger partial charge in [0, 0.05) is 49.1 Å². The maximum absolute atomic E-state index is 12.6. The highest BCUT2D eigenvalue weighted by Crippen LogP contribution is 2.26. The number of thiophene rings is 1. The Bertz CT molecular complexity index is 644. The molecule has 1 amide bonds. The van der Waals surface area contributed by atoms with Gasteiger partial charge in [-0.3, -0.25) is 9.69 Å². The number of ether oxygens (including phenoxy) is 1. The van der Waals surface area contributed by atoms with E-state index >= 15 is 0 Å². The number of amides is 1. The molecule has 5 nitrogen and oxygen atoms in total. The van der Waals surface area contributed by atoms with Crippen LogP contribution in [0, 0.1) is 5.92 Å². The van der Waals surface area contributed by atoms with E-state index in [-0.39, 0.29) is 12.0 Å². The van der Waals surface area contributed by atoms with Crippen LogP contribution >= 0.6 is 22.7 Å². The molecule has 0 spiro atoms. The summed E-state index contributed by atoms with van der Waals surface area (Å²) < 4.78 is 6.02. The molecule has 0 radical (unpaired) electrons. The molecule has 0 bridgehead atoms. The van der Waals surface area contributed by atoms with Gasteiger partial charge in [-0.25, -0.2) is 4.98 Å². The van der Waals surface area contributed by atoms with Gasteiger partial charge in [-0.15, -0.1) is 11.3 Å². The Hall–Kier alpha value is -1.28. The first-order chi connectivity index (χ1) is 11.3. The second-order valence-electron chi connectivity index (χ2n) is 6.05. The molecular weight excluding hydrogens is 330 g/mol. The summed E-state index contributed by atoms with van der Waals surface area (Å²) in [7, 11) is 0. The Morgan fingerprint density at radius 2 is 2.30 bits per heavy atom. The molecule has 2 aliphatic heterocycles. The molecule has 2 aromatic heterocycles. The lowest BCUT2D eigenvalue weighted by Gasteiger charge is -2.23. The minimum absolute atomic E-state index is 0.133. The monoisotopic (exact) mass is 349 g/mol. The number of rotatable bonds is 3. The number of hydrogen-bond donors (Lipinski definition) is 0. The highest BCUT2D eigenvalue weighted by molar-refractivity contribution is 7.09. The second kappa shape index (κ2) is 6.68. The highest BCUT2D eigenvalue weighted by atomic mass is 32.1. The van der Waals surface area contributed by atoms with Crippen molar-refractivity contribution in [2.45, 2.75) is 12.6 Å². The Morgan fingerprint density at radius 1 is 1.35 bits per heavy atom. The van der Waals surface area contributed by atoms with Crippen LogP contribution in [0.2, 0.25) is 0 Å². The molecule has 0 N–H and O–H groups in total. The summed E-state index contributed by atoms with van der Waals surface area (Å²) in [5, 5.41) is 7.04. The van der Waals surface area contributed by atoms with Gasteiger partial charge in [0.2, 0.25) is 0 Å². The number of carbonyl (C=O) groups is 1. The Kier molecular flexibility index (Phi) is 4.43. The first kappa shape index (κ1) is 15.3. The van der Waals surface area contributed by atoms with Crippen LogP contribution in [0.1, 0.15) is 15.4 Å². The van der Waals surface area contributed by atoms with Crippen molar-refractivity contribution >= 4 is 28.6 Å². The van der Waals surface area contributed by atoms with Gasteiger partial charge in [-0.05, 0) is 11.4 Å². The smallest absolute Gasteiger partial charge is 0.254 e. The van der Waals surface area contributed by atoms with Crippen LogP contribution in [-0.4, -0.2) is 59.6 Å². The summed E-state index contributed by atoms with van der Waals surface area (Å²) in [5.74, 6) is 0.522. The van der Waals surface area contributed by atoms with Crippen molar-refractivity contribution in [1.29, 1.82) is 0 Å². The molecule has 2 atom stereocenters. The van der Waals surface area contributed by atoms with Crippen molar-refractivity contribution < 1.29 is 9.53 Å². The molecule has 2 fully saturated rings. The van der Waals surface area contributed by atoms with Crippen LogP contribution in [0.3, 0.4) is 0 Å². The summed E-state index contributed by atoms with van der Waals surface area (Å²) in [6.45, 7) is 4.89. The minimum atomic E-state index is 0.133. The normalized spacial score (nSPS) is 25.3. The molecule has 2 saturated heterocycles. The SMILES string of the molecule is O=C(c1ccsc1)N1CCO[C@H]2CN(Cc3nccs3)C[C@H]2C1. The number of carbonyl (C=O) groups excluding carboxylic acids is 1. The topological polar surface area (TPSA) is 45.7 Å². The van der Waals surface area contributed by atoms with Crippen molar-refractivity contribution in [2.75, 3.05) is 32.8 Å². The third kappa shape index (κ3) is 3.33. The third-order valence-electron chi connectivity index (χ3n) is 4.50. The lowest BCUT2D eigenvalue weighted by atomic mass is 10.1. The van der Waals surface area contributed by atoms with E-state index in [1.807, 2.05) is 33.3 Å². The van der Waals surface area contributed by atoms with Gasteiger partial charge in [0.1, 0.15) is 5.01 Å². The molecule has 2 aromatic rings. The maximum atomic E-state index is 12.6. The quantitative estimate of drug-likeness (QED) is 0.852. The standard InChI is InChI=1S/C16H19N3O2S2/c20-16(12-1-5-22-11-12)19-3-4-21-14-9-18(7-13(14)8-19)10-15-17-2-6-23-15/h1-2,5-6,11,13-14H,3-4,7-10H2/t13-,14-/m0/s1. The van der Waals surface area contributed by atoms with Gasteiger partial charge in [0.25, 0.3) is 5.91 Å². The van der Waals surface area contributed by atoms with E-state index in [1.165, 1.54) is 0 Å². The summed E-state index contributed by atoms with van der Waals surface area (Å²) in [6.07, 6.45) is 2.08. The molecule has 0 saturated carbocycles. The summed E-state index contributed by atoms with van der Waals surface area (Å²) >= 11 is 3.26. The number of nitrogens with zero attached hydrogens (tertiary/aromatic N) is 3. The van der Waals surface area contributed by atoms with Crippen molar-refractivity contribution in [1.82, 2.24) is 14.8 Å². The van der Waals surface area contributed by atoms with Crippen LogP contribution < -0.4 is 0 Å². The number of likely N-dealkylation sites (tertiary alicyclic amines) is 1. The van der Waals surface area contributed by atoms with Crippen molar-refractivity contribution in [3.63, 3.8) is 0 Å². The van der Waals surface area contributed by atoms with Gasteiger partial charge < -0.3 is 9.64 Å². The lowest BCUT2D eigenvalue weighted by molar-refractivity contribution is 0.0501. The highest BCUT2D eigenvalue weighted by Gasteiger charge is 2.37. The zero-order valence-electron chi connectivity index (χ0n) is 12.8. The minimum Gasteiger partial charge on any atom is -0.375 e. The zero-order chi connectivity index (χ0) is 15.6. The maximum Gasteiger partial charge on any atom is 0.254 e. The molecule has 0 unspecified atom stereocenters. The second-order valence-corrected chi connectivity index (χ2v) is 7.81. The molecule has 2 aliphatic rings. The van der Waals surface area contributed by atoms with E-state index in [0.29, 0.717) is 19.1 Å². The first-order valence-corrected chi connectivity index (χ1v) is 9.65.